The summed E-state index contributed by atoms with van der Waals surface area (Å²) in [4.78, 5) is 16.8. The first-order valence-corrected chi connectivity index (χ1v) is 11.4. The van der Waals surface area contributed by atoms with Crippen LogP contribution in [0.1, 0.15) is 15.9 Å². The highest BCUT2D eigenvalue weighted by atomic mass is 35.5. The molecule has 0 bridgehead atoms. The Balaban J connectivity index is 1.53. The molecule has 31 heavy (non-hydrogen) atoms. The second kappa shape index (κ2) is 8.75. The summed E-state index contributed by atoms with van der Waals surface area (Å²) in [5.74, 6) is -0.562. The molecule has 8 heteroatoms. The van der Waals surface area contributed by atoms with Crippen LogP contribution in [-0.4, -0.2) is 23.9 Å². The van der Waals surface area contributed by atoms with Crippen molar-refractivity contribution in [3.05, 3.63) is 108 Å². The van der Waals surface area contributed by atoms with Gasteiger partial charge in [-0.25, -0.2) is 13.4 Å². The normalized spacial score (nSPS) is 11.3. The van der Waals surface area contributed by atoms with E-state index in [9.17, 15) is 13.2 Å². The SMILES string of the molecule is O=C(Nc1ccc(-n2ccnc2)c(Cl)c1)c1cccc(S(=O)(=O)Cc2ccccc2)c1. The third-order valence-corrected chi connectivity index (χ3v) is 6.63. The summed E-state index contributed by atoms with van der Waals surface area (Å²) in [6.45, 7) is 0. The van der Waals surface area contributed by atoms with Crippen molar-refractivity contribution < 1.29 is 13.2 Å². The van der Waals surface area contributed by atoms with Crippen LogP contribution in [0.5, 0.6) is 0 Å². The number of nitrogens with zero attached hydrogens (tertiary/aromatic N) is 2. The van der Waals surface area contributed by atoms with Gasteiger partial charge in [-0.1, -0.05) is 48.0 Å². The van der Waals surface area contributed by atoms with Gasteiger partial charge >= 0.3 is 0 Å². The summed E-state index contributed by atoms with van der Waals surface area (Å²) in [5, 5.41) is 3.20. The molecule has 0 fully saturated rings. The molecule has 0 unspecified atom stereocenters. The second-order valence-electron chi connectivity index (χ2n) is 6.86. The average Bonchev–Trinajstić information content (AvgIpc) is 3.29. The van der Waals surface area contributed by atoms with Crippen LogP contribution in [0.25, 0.3) is 5.69 Å². The van der Waals surface area contributed by atoms with E-state index < -0.39 is 15.7 Å². The van der Waals surface area contributed by atoms with E-state index in [0.717, 1.165) is 5.69 Å². The van der Waals surface area contributed by atoms with Crippen molar-refractivity contribution >= 4 is 33.0 Å². The van der Waals surface area contributed by atoms with Gasteiger partial charge in [-0.3, -0.25) is 4.79 Å². The molecule has 1 amide bonds. The van der Waals surface area contributed by atoms with E-state index in [1.807, 2.05) is 6.07 Å². The summed E-state index contributed by atoms with van der Waals surface area (Å²) in [6.07, 6.45) is 5.03. The highest BCUT2D eigenvalue weighted by Crippen LogP contribution is 2.25. The quantitative estimate of drug-likeness (QED) is 0.458. The Bertz CT molecular complexity index is 1320. The Hall–Kier alpha value is -3.42. The molecule has 1 heterocycles. The van der Waals surface area contributed by atoms with Crippen molar-refractivity contribution in [1.82, 2.24) is 9.55 Å². The Morgan fingerprint density at radius 3 is 2.52 bits per heavy atom. The number of hydrogen-bond acceptors (Lipinski definition) is 4. The molecule has 0 aliphatic carbocycles. The number of aromatic nitrogens is 2. The van der Waals surface area contributed by atoms with Gasteiger partial charge in [0.1, 0.15) is 0 Å². The van der Waals surface area contributed by atoms with E-state index in [2.05, 4.69) is 10.3 Å². The standard InChI is InChI=1S/C23H18ClN3O3S/c24-21-14-19(9-10-22(21)27-12-11-25-16-27)26-23(28)18-7-4-8-20(13-18)31(29,30)15-17-5-2-1-3-6-17/h1-14,16H,15H2,(H,26,28). The van der Waals surface area contributed by atoms with Crippen molar-refractivity contribution in [2.24, 2.45) is 0 Å². The number of amides is 1. The van der Waals surface area contributed by atoms with Gasteiger partial charge in [-0.2, -0.15) is 0 Å². The Labute approximate surface area is 185 Å². The number of nitrogens with one attached hydrogen (secondary N) is 1. The van der Waals surface area contributed by atoms with E-state index in [1.54, 1.807) is 77.9 Å². The number of hydrogen-bond donors (Lipinski definition) is 1. The molecule has 4 aromatic rings. The van der Waals surface area contributed by atoms with Crippen molar-refractivity contribution in [3.8, 4) is 5.69 Å². The number of imidazole rings is 1. The molecule has 0 radical (unpaired) electrons. The molecule has 1 aromatic heterocycles. The molecule has 0 spiro atoms. The van der Waals surface area contributed by atoms with Gasteiger partial charge in [0.25, 0.3) is 5.91 Å². The number of rotatable bonds is 6. The van der Waals surface area contributed by atoms with Crippen molar-refractivity contribution in [3.63, 3.8) is 0 Å². The van der Waals surface area contributed by atoms with Crippen LogP contribution in [0.15, 0.2) is 96.4 Å². The maximum atomic E-state index is 12.8. The maximum Gasteiger partial charge on any atom is 0.255 e. The van der Waals surface area contributed by atoms with Crippen LogP contribution in [0.4, 0.5) is 5.69 Å². The minimum Gasteiger partial charge on any atom is -0.322 e. The fourth-order valence-corrected chi connectivity index (χ4v) is 4.78. The second-order valence-corrected chi connectivity index (χ2v) is 9.26. The lowest BCUT2D eigenvalue weighted by Crippen LogP contribution is -2.13. The molecular weight excluding hydrogens is 434 g/mol. The zero-order valence-electron chi connectivity index (χ0n) is 16.3. The summed E-state index contributed by atoms with van der Waals surface area (Å²) in [5.41, 5.74) is 2.15. The molecular formula is C23H18ClN3O3S. The molecule has 4 rings (SSSR count). The lowest BCUT2D eigenvalue weighted by molar-refractivity contribution is 0.102. The van der Waals surface area contributed by atoms with Crippen LogP contribution < -0.4 is 5.32 Å². The molecule has 6 nitrogen and oxygen atoms in total. The first kappa shape index (κ1) is 20.8. The Morgan fingerprint density at radius 1 is 1.00 bits per heavy atom. The predicted octanol–water partition coefficient (Wildman–Crippen LogP) is 4.75. The monoisotopic (exact) mass is 451 g/mol. The molecule has 156 valence electrons. The number of carbonyl (C=O) groups excluding carboxylic acids is 1. The Kier molecular flexibility index (Phi) is 5.88. The molecule has 1 N–H and O–H groups in total. The smallest absolute Gasteiger partial charge is 0.255 e. The molecule has 0 saturated heterocycles. The van der Waals surface area contributed by atoms with E-state index in [4.69, 9.17) is 11.6 Å². The lowest BCUT2D eigenvalue weighted by Gasteiger charge is -2.10. The van der Waals surface area contributed by atoms with Gasteiger partial charge in [0, 0.05) is 23.6 Å². The van der Waals surface area contributed by atoms with Gasteiger partial charge < -0.3 is 9.88 Å². The van der Waals surface area contributed by atoms with Crippen molar-refractivity contribution in [1.29, 1.82) is 0 Å². The molecule has 3 aromatic carbocycles. The maximum absolute atomic E-state index is 12.8. The number of carbonyl (C=O) groups is 1. The van der Waals surface area contributed by atoms with E-state index in [0.29, 0.717) is 16.3 Å². The molecule has 0 aliphatic heterocycles. The van der Waals surface area contributed by atoms with Crippen LogP contribution in [0.3, 0.4) is 0 Å². The van der Waals surface area contributed by atoms with E-state index >= 15 is 0 Å². The number of benzene rings is 3. The van der Waals surface area contributed by atoms with Crippen molar-refractivity contribution in [2.75, 3.05) is 5.32 Å². The lowest BCUT2D eigenvalue weighted by atomic mass is 10.2. The van der Waals surface area contributed by atoms with Crippen LogP contribution in [0, 0.1) is 0 Å². The predicted molar refractivity (Wildman–Crippen MR) is 120 cm³/mol. The molecule has 0 atom stereocenters. The van der Waals surface area contributed by atoms with Gasteiger partial charge in [0.2, 0.25) is 0 Å². The highest BCUT2D eigenvalue weighted by molar-refractivity contribution is 7.90. The molecule has 0 aliphatic rings. The minimum absolute atomic E-state index is 0.0949. The third kappa shape index (κ3) is 4.84. The number of anilines is 1. The summed E-state index contributed by atoms with van der Waals surface area (Å²) in [6, 6.07) is 20.0. The largest absolute Gasteiger partial charge is 0.322 e. The summed E-state index contributed by atoms with van der Waals surface area (Å²) >= 11 is 6.33. The van der Waals surface area contributed by atoms with Gasteiger partial charge in [0.15, 0.2) is 9.84 Å². The number of halogens is 1. The van der Waals surface area contributed by atoms with Gasteiger partial charge in [-0.05, 0) is 42.0 Å². The highest BCUT2D eigenvalue weighted by Gasteiger charge is 2.17. The third-order valence-electron chi connectivity index (χ3n) is 4.64. The zero-order valence-corrected chi connectivity index (χ0v) is 17.8. The van der Waals surface area contributed by atoms with Crippen LogP contribution >= 0.6 is 11.6 Å². The van der Waals surface area contributed by atoms with E-state index in [1.165, 1.54) is 12.1 Å². The Morgan fingerprint density at radius 2 is 1.81 bits per heavy atom. The van der Waals surface area contributed by atoms with Crippen LogP contribution in [0.2, 0.25) is 5.02 Å². The topological polar surface area (TPSA) is 81.1 Å². The summed E-state index contributed by atoms with van der Waals surface area (Å²) < 4.78 is 27.3. The average molecular weight is 452 g/mol. The van der Waals surface area contributed by atoms with Crippen LogP contribution in [-0.2, 0) is 15.6 Å². The minimum atomic E-state index is -3.59. The van der Waals surface area contributed by atoms with E-state index in [-0.39, 0.29) is 16.2 Å². The van der Waals surface area contributed by atoms with Crippen molar-refractivity contribution in [2.45, 2.75) is 10.6 Å². The fraction of sp³-hybridized carbons (Fsp3) is 0.0435. The molecule has 0 saturated carbocycles. The van der Waals surface area contributed by atoms with Gasteiger partial charge in [-0.15, -0.1) is 0 Å². The number of sulfone groups is 1. The first-order chi connectivity index (χ1) is 14.9. The first-order valence-electron chi connectivity index (χ1n) is 9.38. The zero-order chi connectivity index (χ0) is 21.8. The van der Waals surface area contributed by atoms with Gasteiger partial charge in [0.05, 0.1) is 27.7 Å². The fourth-order valence-electron chi connectivity index (χ4n) is 3.11. The summed E-state index contributed by atoms with van der Waals surface area (Å²) in [7, 11) is -3.59.